The molecule has 100 valence electrons. The topological polar surface area (TPSA) is 54.0 Å². The first-order valence-corrected chi connectivity index (χ1v) is 6.62. The van der Waals surface area contributed by atoms with Crippen LogP contribution in [0.3, 0.4) is 0 Å². The van der Waals surface area contributed by atoms with E-state index in [9.17, 15) is 9.18 Å². The zero-order valence-electron chi connectivity index (χ0n) is 10.4. The lowest BCUT2D eigenvalue weighted by molar-refractivity contribution is -0.115. The molecule has 0 fully saturated rings. The predicted octanol–water partition coefficient (Wildman–Crippen LogP) is 2.32. The highest BCUT2D eigenvalue weighted by Gasteiger charge is 2.03. The van der Waals surface area contributed by atoms with Crippen molar-refractivity contribution in [3.05, 3.63) is 46.2 Å². The van der Waals surface area contributed by atoms with Gasteiger partial charge in [0.05, 0.1) is 11.6 Å². The minimum atomic E-state index is -0.323. The molecule has 0 aliphatic rings. The Balaban J connectivity index is 1.74. The lowest BCUT2D eigenvalue weighted by Gasteiger charge is -2.05. The van der Waals surface area contributed by atoms with Crippen molar-refractivity contribution in [3.63, 3.8) is 0 Å². The summed E-state index contributed by atoms with van der Waals surface area (Å²) in [5, 5.41) is 6.72. The molecule has 0 bridgehead atoms. The van der Waals surface area contributed by atoms with E-state index in [2.05, 4.69) is 15.6 Å². The number of anilines is 1. The largest absolute Gasteiger partial charge is 0.325 e. The number of benzene rings is 1. The Hall–Kier alpha value is -1.79. The zero-order valence-corrected chi connectivity index (χ0v) is 11.3. The van der Waals surface area contributed by atoms with Gasteiger partial charge in [0.1, 0.15) is 5.82 Å². The van der Waals surface area contributed by atoms with Crippen molar-refractivity contribution < 1.29 is 9.18 Å². The Morgan fingerprint density at radius 2 is 2.11 bits per heavy atom. The van der Waals surface area contributed by atoms with Crippen molar-refractivity contribution in [2.24, 2.45) is 0 Å². The smallest absolute Gasteiger partial charge is 0.238 e. The van der Waals surface area contributed by atoms with Crippen molar-refractivity contribution in [1.29, 1.82) is 0 Å². The molecule has 6 heteroatoms. The van der Waals surface area contributed by atoms with Crippen LogP contribution in [-0.2, 0) is 11.3 Å². The molecule has 2 N–H and O–H groups in total. The number of aromatic nitrogens is 1. The van der Waals surface area contributed by atoms with E-state index in [1.54, 1.807) is 17.5 Å². The normalized spacial score (nSPS) is 10.4. The van der Waals surface area contributed by atoms with Crippen LogP contribution in [0.4, 0.5) is 10.1 Å². The van der Waals surface area contributed by atoms with E-state index in [-0.39, 0.29) is 18.3 Å². The van der Waals surface area contributed by atoms with Gasteiger partial charge in [0.25, 0.3) is 0 Å². The number of carbonyl (C=O) groups excluding carboxylic acids is 1. The lowest BCUT2D eigenvalue weighted by Crippen LogP contribution is -2.27. The molecule has 1 aromatic carbocycles. The molecule has 0 spiro atoms. The number of nitrogens with zero attached hydrogens (tertiary/aromatic N) is 1. The van der Waals surface area contributed by atoms with E-state index >= 15 is 0 Å². The van der Waals surface area contributed by atoms with Crippen LogP contribution >= 0.6 is 11.3 Å². The summed E-state index contributed by atoms with van der Waals surface area (Å²) in [5.41, 5.74) is 0.585. The van der Waals surface area contributed by atoms with E-state index in [0.29, 0.717) is 12.2 Å². The number of nitrogens with one attached hydrogen (secondary N) is 2. The fourth-order valence-corrected chi connectivity index (χ4v) is 2.29. The van der Waals surface area contributed by atoms with Crippen LogP contribution < -0.4 is 10.6 Å². The second-order valence-corrected chi connectivity index (χ2v) is 5.32. The third-order valence-corrected chi connectivity index (χ3v) is 3.29. The standard InChI is InChI=1S/C13H14FN3OS/c1-9-16-7-12(19-9)6-15-8-13(18)17-11-4-2-10(14)3-5-11/h2-5,7,15H,6,8H2,1H3,(H,17,18). The molecule has 19 heavy (non-hydrogen) atoms. The lowest BCUT2D eigenvalue weighted by atomic mass is 10.3. The molecule has 0 aliphatic heterocycles. The Morgan fingerprint density at radius 3 is 2.74 bits per heavy atom. The molecule has 0 aliphatic carbocycles. The van der Waals surface area contributed by atoms with Gasteiger partial charge in [-0.25, -0.2) is 9.37 Å². The van der Waals surface area contributed by atoms with E-state index in [4.69, 9.17) is 0 Å². The molecule has 0 unspecified atom stereocenters. The molecule has 1 aromatic heterocycles. The minimum Gasteiger partial charge on any atom is -0.325 e. The van der Waals surface area contributed by atoms with Gasteiger partial charge in [-0.2, -0.15) is 0 Å². The Bertz CT molecular complexity index is 553. The number of hydrogen-bond donors (Lipinski definition) is 2. The summed E-state index contributed by atoms with van der Waals surface area (Å²) in [6.07, 6.45) is 1.80. The average Bonchev–Trinajstić information content (AvgIpc) is 2.78. The van der Waals surface area contributed by atoms with Gasteiger partial charge in [-0.05, 0) is 31.2 Å². The Labute approximate surface area is 114 Å². The highest BCUT2D eigenvalue weighted by molar-refractivity contribution is 7.11. The van der Waals surface area contributed by atoms with Crippen LogP contribution in [0.5, 0.6) is 0 Å². The number of rotatable bonds is 5. The van der Waals surface area contributed by atoms with Crippen molar-refractivity contribution in [2.75, 3.05) is 11.9 Å². The predicted molar refractivity (Wildman–Crippen MR) is 73.6 cm³/mol. The molecule has 1 amide bonds. The van der Waals surface area contributed by atoms with Gasteiger partial charge >= 0.3 is 0 Å². The molecule has 0 radical (unpaired) electrons. The first-order chi connectivity index (χ1) is 9.13. The summed E-state index contributed by atoms with van der Waals surface area (Å²) in [7, 11) is 0. The summed E-state index contributed by atoms with van der Waals surface area (Å²) in [6, 6.07) is 5.67. The summed E-state index contributed by atoms with van der Waals surface area (Å²) < 4.78 is 12.7. The highest BCUT2D eigenvalue weighted by atomic mass is 32.1. The van der Waals surface area contributed by atoms with Gasteiger partial charge in [-0.15, -0.1) is 11.3 Å². The third-order valence-electron chi connectivity index (χ3n) is 2.38. The van der Waals surface area contributed by atoms with E-state index in [1.807, 2.05) is 6.92 Å². The van der Waals surface area contributed by atoms with Gasteiger partial charge in [0.2, 0.25) is 5.91 Å². The maximum absolute atomic E-state index is 12.7. The molecule has 0 atom stereocenters. The number of hydrogen-bond acceptors (Lipinski definition) is 4. The molecular weight excluding hydrogens is 265 g/mol. The molecule has 2 rings (SSSR count). The van der Waals surface area contributed by atoms with Gasteiger partial charge in [-0.1, -0.05) is 0 Å². The molecule has 4 nitrogen and oxygen atoms in total. The maximum Gasteiger partial charge on any atom is 0.238 e. The minimum absolute atomic E-state index is 0.159. The second kappa shape index (κ2) is 6.40. The van der Waals surface area contributed by atoms with Crippen LogP contribution in [0.25, 0.3) is 0 Å². The van der Waals surface area contributed by atoms with Crippen LogP contribution in [-0.4, -0.2) is 17.4 Å². The first-order valence-electron chi connectivity index (χ1n) is 5.81. The van der Waals surface area contributed by atoms with Crippen molar-refractivity contribution >= 4 is 22.9 Å². The second-order valence-electron chi connectivity index (χ2n) is 4.00. The maximum atomic E-state index is 12.7. The SMILES string of the molecule is Cc1ncc(CNCC(=O)Nc2ccc(F)cc2)s1. The van der Waals surface area contributed by atoms with Crippen LogP contribution in [0, 0.1) is 12.7 Å². The summed E-state index contributed by atoms with van der Waals surface area (Å²) in [5.74, 6) is -0.482. The van der Waals surface area contributed by atoms with Gasteiger partial charge in [-0.3, -0.25) is 4.79 Å². The van der Waals surface area contributed by atoms with Crippen molar-refractivity contribution in [1.82, 2.24) is 10.3 Å². The number of halogens is 1. The van der Waals surface area contributed by atoms with E-state index < -0.39 is 0 Å². The van der Waals surface area contributed by atoms with Crippen molar-refractivity contribution in [3.8, 4) is 0 Å². The van der Waals surface area contributed by atoms with E-state index in [1.165, 1.54) is 24.3 Å². The molecule has 0 saturated heterocycles. The first kappa shape index (κ1) is 13.6. The fourth-order valence-electron chi connectivity index (χ4n) is 1.52. The average molecular weight is 279 g/mol. The van der Waals surface area contributed by atoms with Crippen LogP contribution in [0.2, 0.25) is 0 Å². The van der Waals surface area contributed by atoms with Gasteiger partial charge < -0.3 is 10.6 Å². The summed E-state index contributed by atoms with van der Waals surface area (Å²) >= 11 is 1.60. The fraction of sp³-hybridized carbons (Fsp3) is 0.231. The number of aryl methyl sites for hydroxylation is 1. The third kappa shape index (κ3) is 4.42. The Kier molecular flexibility index (Phi) is 4.59. The number of thiazole rings is 1. The van der Waals surface area contributed by atoms with E-state index in [0.717, 1.165) is 9.88 Å². The molecule has 0 saturated carbocycles. The molecule has 1 heterocycles. The van der Waals surface area contributed by atoms with Crippen LogP contribution in [0.1, 0.15) is 9.88 Å². The summed E-state index contributed by atoms with van der Waals surface area (Å²) in [4.78, 5) is 16.8. The highest BCUT2D eigenvalue weighted by Crippen LogP contribution is 2.10. The van der Waals surface area contributed by atoms with Gasteiger partial charge in [0, 0.05) is 23.3 Å². The summed E-state index contributed by atoms with van der Waals surface area (Å²) in [6.45, 7) is 2.76. The Morgan fingerprint density at radius 1 is 1.37 bits per heavy atom. The van der Waals surface area contributed by atoms with Crippen molar-refractivity contribution in [2.45, 2.75) is 13.5 Å². The number of carbonyl (C=O) groups is 1. The number of amides is 1. The van der Waals surface area contributed by atoms with Crippen LogP contribution in [0.15, 0.2) is 30.5 Å². The van der Waals surface area contributed by atoms with Gasteiger partial charge in [0.15, 0.2) is 0 Å². The monoisotopic (exact) mass is 279 g/mol. The molecular formula is C13H14FN3OS. The quantitative estimate of drug-likeness (QED) is 0.883. The zero-order chi connectivity index (χ0) is 13.7. The molecule has 2 aromatic rings.